The standard InChI is InChI=1S/C92H182NO8P/c1-6-8-10-12-14-16-18-20-22-24-26-28-30-32-34-36-38-40-42-44-45-46-47-49-50-52-54-56-58-60-62-64-66-68-70-72-74-76-78-80-82-84-91(94)98-88-90(89-100-102(96,97)99-87-86-93(3,4)5)101-92(95)85-83-81-79-77-75-73-71-69-67-65-63-61-59-57-55-53-51-48-43-41-39-37-35-33-31-29-27-25-23-21-19-17-15-13-11-9-7-2/h25,27,90H,6-24,26,28-89H2,1-5H3/p+1/b27-25-. The van der Waals surface area contributed by atoms with Crippen molar-refractivity contribution in [2.75, 3.05) is 47.5 Å². The van der Waals surface area contributed by atoms with Crippen LogP contribution in [0.3, 0.4) is 0 Å². The number of carbonyl (C=O) groups excluding carboxylic acids is 2. The fourth-order valence-corrected chi connectivity index (χ4v) is 15.5. The molecular formula is C92H183NO8P+. The molecule has 102 heavy (non-hydrogen) atoms. The summed E-state index contributed by atoms with van der Waals surface area (Å²) >= 11 is 0. The molecular weight excluding hydrogens is 1280 g/mol. The van der Waals surface area contributed by atoms with Crippen LogP contribution < -0.4 is 0 Å². The number of quaternary nitrogens is 1. The quantitative estimate of drug-likeness (QED) is 0.0211. The molecule has 0 fully saturated rings. The largest absolute Gasteiger partial charge is 0.472 e. The average Bonchev–Trinajstić information content (AvgIpc) is 0.913. The molecule has 2 atom stereocenters. The Morgan fingerprint density at radius 2 is 0.500 bits per heavy atom. The van der Waals surface area contributed by atoms with Crippen molar-refractivity contribution in [2.24, 2.45) is 0 Å². The van der Waals surface area contributed by atoms with Gasteiger partial charge in [-0.1, -0.05) is 475 Å². The normalized spacial score (nSPS) is 12.9. The number of likely N-dealkylation sites (N-methyl/N-ethyl adjacent to an activating group) is 1. The number of phosphoric ester groups is 1. The van der Waals surface area contributed by atoms with Crippen molar-refractivity contribution >= 4 is 19.8 Å². The Labute approximate surface area is 638 Å². The smallest absolute Gasteiger partial charge is 0.462 e. The minimum Gasteiger partial charge on any atom is -0.462 e. The highest BCUT2D eigenvalue weighted by Crippen LogP contribution is 2.43. The zero-order valence-electron chi connectivity index (χ0n) is 69.9. The third kappa shape index (κ3) is 87.7. The van der Waals surface area contributed by atoms with E-state index in [2.05, 4.69) is 26.0 Å². The molecule has 0 radical (unpaired) electrons. The predicted octanol–water partition coefficient (Wildman–Crippen LogP) is 31.3. The number of hydrogen-bond acceptors (Lipinski definition) is 7. The van der Waals surface area contributed by atoms with Crippen molar-refractivity contribution in [2.45, 2.75) is 521 Å². The van der Waals surface area contributed by atoms with Gasteiger partial charge in [-0.15, -0.1) is 0 Å². The molecule has 0 aliphatic rings. The van der Waals surface area contributed by atoms with E-state index >= 15 is 0 Å². The van der Waals surface area contributed by atoms with Crippen LogP contribution in [0.2, 0.25) is 0 Å². The monoisotopic (exact) mass is 1460 g/mol. The first-order valence-corrected chi connectivity index (χ1v) is 47.9. The van der Waals surface area contributed by atoms with Gasteiger partial charge in [0.25, 0.3) is 0 Å². The molecule has 0 aromatic rings. The SMILES string of the molecule is CCCCCCCCCC/C=C\CCCCCCCCCCCCCCCCCCCCCCCCCCCC(=O)OC(COC(=O)CCCCCCCCCCCCCCCCCCCCCCCCCCCCCCCCCCCCCCCCCCC)COP(=O)(O)OCC[N+](C)(C)C. The summed E-state index contributed by atoms with van der Waals surface area (Å²) in [6.07, 6.45) is 109. The molecule has 0 aliphatic carbocycles. The summed E-state index contributed by atoms with van der Waals surface area (Å²) in [5.74, 6) is -0.763. The number of esters is 2. The molecule has 0 bridgehead atoms. The highest BCUT2D eigenvalue weighted by Gasteiger charge is 2.27. The molecule has 0 spiro atoms. The lowest BCUT2D eigenvalue weighted by Gasteiger charge is -2.24. The van der Waals surface area contributed by atoms with Gasteiger partial charge < -0.3 is 18.9 Å². The van der Waals surface area contributed by atoms with Crippen molar-refractivity contribution in [3.8, 4) is 0 Å². The van der Waals surface area contributed by atoms with Crippen LogP contribution >= 0.6 is 7.82 Å². The Bertz CT molecular complexity index is 1720. The van der Waals surface area contributed by atoms with E-state index in [1.165, 1.54) is 449 Å². The van der Waals surface area contributed by atoms with Crippen LogP contribution in [0.15, 0.2) is 12.2 Å². The Morgan fingerprint density at radius 1 is 0.294 bits per heavy atom. The van der Waals surface area contributed by atoms with Crippen LogP contribution in [0.5, 0.6) is 0 Å². The van der Waals surface area contributed by atoms with Gasteiger partial charge in [-0.25, -0.2) is 4.57 Å². The molecule has 0 heterocycles. The van der Waals surface area contributed by atoms with Gasteiger partial charge in [0.2, 0.25) is 0 Å². The minimum absolute atomic E-state index is 0.0372. The molecule has 608 valence electrons. The van der Waals surface area contributed by atoms with Crippen molar-refractivity contribution < 1.29 is 42.1 Å². The van der Waals surface area contributed by atoms with Gasteiger partial charge in [0, 0.05) is 12.8 Å². The molecule has 0 amide bonds. The molecule has 10 heteroatoms. The molecule has 0 rings (SSSR count). The summed E-state index contributed by atoms with van der Waals surface area (Å²) in [6.45, 7) is 4.54. The van der Waals surface area contributed by atoms with Crippen molar-refractivity contribution in [1.82, 2.24) is 0 Å². The Balaban J connectivity index is 3.80. The topological polar surface area (TPSA) is 108 Å². The molecule has 2 unspecified atom stereocenters. The third-order valence-electron chi connectivity index (χ3n) is 21.8. The van der Waals surface area contributed by atoms with Crippen molar-refractivity contribution in [3.05, 3.63) is 12.2 Å². The van der Waals surface area contributed by atoms with E-state index in [1.807, 2.05) is 21.1 Å². The average molecular weight is 1460 g/mol. The minimum atomic E-state index is -4.39. The van der Waals surface area contributed by atoms with Gasteiger partial charge in [0.05, 0.1) is 27.7 Å². The van der Waals surface area contributed by atoms with Gasteiger partial charge in [-0.05, 0) is 38.5 Å². The van der Waals surface area contributed by atoms with E-state index in [0.29, 0.717) is 17.4 Å². The highest BCUT2D eigenvalue weighted by molar-refractivity contribution is 7.47. The zero-order chi connectivity index (χ0) is 74.0. The Morgan fingerprint density at radius 3 is 0.725 bits per heavy atom. The van der Waals surface area contributed by atoms with E-state index in [9.17, 15) is 19.0 Å². The second-order valence-corrected chi connectivity index (χ2v) is 34.9. The predicted molar refractivity (Wildman–Crippen MR) is 446 cm³/mol. The lowest BCUT2D eigenvalue weighted by atomic mass is 10.0. The molecule has 0 saturated heterocycles. The van der Waals surface area contributed by atoms with Crippen LogP contribution in [0, 0.1) is 0 Å². The molecule has 0 saturated carbocycles. The lowest BCUT2D eigenvalue weighted by molar-refractivity contribution is -0.870. The zero-order valence-corrected chi connectivity index (χ0v) is 70.8. The van der Waals surface area contributed by atoms with Gasteiger partial charge >= 0.3 is 19.8 Å². The summed E-state index contributed by atoms with van der Waals surface area (Å²) < 4.78 is 34.9. The van der Waals surface area contributed by atoms with E-state index in [4.69, 9.17) is 18.5 Å². The molecule has 0 aromatic carbocycles. The lowest BCUT2D eigenvalue weighted by Crippen LogP contribution is -2.37. The number of rotatable bonds is 89. The van der Waals surface area contributed by atoms with Crippen molar-refractivity contribution in [1.29, 1.82) is 0 Å². The van der Waals surface area contributed by atoms with Crippen molar-refractivity contribution in [3.63, 3.8) is 0 Å². The van der Waals surface area contributed by atoms with E-state index in [-0.39, 0.29) is 25.6 Å². The van der Waals surface area contributed by atoms with Gasteiger partial charge in [0.15, 0.2) is 6.10 Å². The maximum absolute atomic E-state index is 13.0. The number of hydrogen-bond donors (Lipinski definition) is 1. The number of carbonyl (C=O) groups is 2. The Hall–Kier alpha value is -1.25. The Kier molecular flexibility index (Phi) is 82.8. The maximum atomic E-state index is 13.0. The fraction of sp³-hybridized carbons (Fsp3) is 0.957. The van der Waals surface area contributed by atoms with E-state index in [0.717, 1.165) is 38.5 Å². The molecule has 0 aromatic heterocycles. The summed E-state index contributed by atoms with van der Waals surface area (Å²) in [6, 6.07) is 0. The summed E-state index contributed by atoms with van der Waals surface area (Å²) in [7, 11) is 1.51. The van der Waals surface area contributed by atoms with Crippen LogP contribution in [0.1, 0.15) is 515 Å². The van der Waals surface area contributed by atoms with Gasteiger partial charge in [0.1, 0.15) is 19.8 Å². The van der Waals surface area contributed by atoms with Crippen LogP contribution in [0.25, 0.3) is 0 Å². The first-order valence-electron chi connectivity index (χ1n) is 46.4. The second-order valence-electron chi connectivity index (χ2n) is 33.4. The number of phosphoric acid groups is 1. The highest BCUT2D eigenvalue weighted by atomic mass is 31.2. The number of allylic oxidation sites excluding steroid dienone is 2. The molecule has 9 nitrogen and oxygen atoms in total. The van der Waals surface area contributed by atoms with Gasteiger partial charge in [-0.3, -0.25) is 18.6 Å². The number of nitrogens with zero attached hydrogens (tertiary/aromatic N) is 1. The fourth-order valence-electron chi connectivity index (χ4n) is 14.7. The van der Waals surface area contributed by atoms with Crippen LogP contribution in [0.4, 0.5) is 0 Å². The maximum Gasteiger partial charge on any atom is 0.472 e. The van der Waals surface area contributed by atoms with Crippen LogP contribution in [-0.2, 0) is 32.7 Å². The number of ether oxygens (including phenoxy) is 2. The molecule has 0 aliphatic heterocycles. The summed E-state index contributed by atoms with van der Waals surface area (Å²) in [5, 5.41) is 0. The molecule has 1 N–H and O–H groups in total. The van der Waals surface area contributed by atoms with E-state index < -0.39 is 26.5 Å². The third-order valence-corrected chi connectivity index (χ3v) is 22.8. The van der Waals surface area contributed by atoms with E-state index in [1.54, 1.807) is 0 Å². The number of unbranched alkanes of at least 4 members (excludes halogenated alkanes) is 73. The summed E-state index contributed by atoms with van der Waals surface area (Å²) in [4.78, 5) is 36.1. The second kappa shape index (κ2) is 83.8. The summed E-state index contributed by atoms with van der Waals surface area (Å²) in [5.41, 5.74) is 0. The van der Waals surface area contributed by atoms with Gasteiger partial charge in [-0.2, -0.15) is 0 Å². The first kappa shape index (κ1) is 101. The van der Waals surface area contributed by atoms with Crippen LogP contribution in [-0.4, -0.2) is 74.9 Å². The first-order chi connectivity index (χ1) is 50.0.